The van der Waals surface area contributed by atoms with Crippen LogP contribution in [-0.4, -0.2) is 66.5 Å². The number of hydrogen-bond acceptors (Lipinski definition) is 6. The summed E-state index contributed by atoms with van der Waals surface area (Å²) in [6.07, 6.45) is 0.570. The maximum Gasteiger partial charge on any atom is 0.329 e. The highest BCUT2D eigenvalue weighted by atomic mass is 16.4. The van der Waals surface area contributed by atoms with Crippen molar-refractivity contribution >= 4 is 52.2 Å². The van der Waals surface area contributed by atoms with Crippen LogP contribution in [0.2, 0.25) is 0 Å². The zero-order valence-electron chi connectivity index (χ0n) is 19.1. The molecular weight excluding hydrogens is 504 g/mol. The molecule has 2 aromatic rings. The summed E-state index contributed by atoms with van der Waals surface area (Å²) >= 11 is 0. The van der Waals surface area contributed by atoms with E-state index in [1.54, 1.807) is 30.3 Å². The Balaban J connectivity index is 2.34. The molecular formula is C26H18O12. The highest BCUT2D eigenvalue weighted by Gasteiger charge is 2.69. The van der Waals surface area contributed by atoms with E-state index < -0.39 is 69.6 Å². The van der Waals surface area contributed by atoms with Gasteiger partial charge in [-0.2, -0.15) is 0 Å². The van der Waals surface area contributed by atoms with Gasteiger partial charge in [0.2, 0.25) is 10.8 Å². The number of carbonyl (C=O) groups is 6. The molecule has 0 radical (unpaired) electrons. The molecule has 38 heavy (non-hydrogen) atoms. The Morgan fingerprint density at radius 2 is 1.11 bits per heavy atom. The van der Waals surface area contributed by atoms with Crippen molar-refractivity contribution in [2.24, 2.45) is 16.2 Å². The standard InChI is InChI=1S/C26H18O12/c27-18(28)24(19(29)30)10-11-26(22(35)36,23(37)38)17-16(24)15(8-9-25(17,20(31)32)21(33)34)14-7-3-5-12-4-1-2-6-13(12)14/h1-8,10-11H,9H2,(H,27,28)(H,29,30)(H,31,32)(H,33,34)(H,35,36)(H,37,38). The molecule has 0 spiro atoms. The maximum absolute atomic E-state index is 12.6. The maximum atomic E-state index is 12.6. The van der Waals surface area contributed by atoms with E-state index in [1.807, 2.05) is 0 Å². The number of carboxylic acids is 6. The molecule has 2 aliphatic rings. The van der Waals surface area contributed by atoms with Gasteiger partial charge in [0.1, 0.15) is 0 Å². The molecule has 2 aliphatic carbocycles. The number of rotatable bonds is 7. The first-order valence-corrected chi connectivity index (χ1v) is 10.8. The van der Waals surface area contributed by atoms with E-state index in [9.17, 15) is 59.4 Å². The van der Waals surface area contributed by atoms with Crippen molar-refractivity contribution in [1.29, 1.82) is 0 Å². The van der Waals surface area contributed by atoms with E-state index in [4.69, 9.17) is 0 Å². The molecule has 0 aromatic heterocycles. The van der Waals surface area contributed by atoms with Crippen molar-refractivity contribution in [3.05, 3.63) is 77.4 Å². The van der Waals surface area contributed by atoms with E-state index >= 15 is 0 Å². The third kappa shape index (κ3) is 3.03. The zero-order chi connectivity index (χ0) is 28.2. The normalized spacial score (nSPS) is 18.7. The van der Waals surface area contributed by atoms with Gasteiger partial charge in [-0.15, -0.1) is 0 Å². The first kappa shape index (κ1) is 25.8. The Kier molecular flexibility index (Phi) is 5.71. The molecule has 12 heteroatoms. The highest BCUT2D eigenvalue weighted by molar-refractivity contribution is 6.19. The molecule has 0 atom stereocenters. The molecule has 0 heterocycles. The van der Waals surface area contributed by atoms with Crippen molar-refractivity contribution < 1.29 is 59.4 Å². The van der Waals surface area contributed by atoms with Gasteiger partial charge in [0.05, 0.1) is 0 Å². The lowest BCUT2D eigenvalue weighted by molar-refractivity contribution is -0.168. The Labute approximate surface area is 212 Å². The molecule has 0 aliphatic heterocycles. The van der Waals surface area contributed by atoms with Crippen LogP contribution in [0, 0.1) is 16.2 Å². The molecule has 0 unspecified atom stereocenters. The minimum absolute atomic E-state index is 0.117. The Morgan fingerprint density at radius 1 is 0.605 bits per heavy atom. The fourth-order valence-electron chi connectivity index (χ4n) is 5.25. The number of benzene rings is 2. The number of fused-ring (bicyclic) bond motifs is 1. The van der Waals surface area contributed by atoms with Gasteiger partial charge in [-0.1, -0.05) is 60.7 Å². The van der Waals surface area contributed by atoms with Crippen LogP contribution in [0.5, 0.6) is 0 Å². The Morgan fingerprint density at radius 3 is 1.63 bits per heavy atom. The highest BCUT2D eigenvalue weighted by Crippen LogP contribution is 2.60. The van der Waals surface area contributed by atoms with E-state index in [0.29, 0.717) is 16.8 Å². The van der Waals surface area contributed by atoms with Crippen LogP contribution in [0.3, 0.4) is 0 Å². The van der Waals surface area contributed by atoms with Crippen molar-refractivity contribution in [2.45, 2.75) is 6.42 Å². The van der Waals surface area contributed by atoms with E-state index in [0.717, 1.165) is 6.08 Å². The van der Waals surface area contributed by atoms with E-state index in [1.165, 1.54) is 12.1 Å². The van der Waals surface area contributed by atoms with Crippen LogP contribution in [0.25, 0.3) is 16.3 Å². The van der Waals surface area contributed by atoms with Gasteiger partial charge in [0.25, 0.3) is 0 Å². The van der Waals surface area contributed by atoms with Crippen LogP contribution in [0.4, 0.5) is 0 Å². The van der Waals surface area contributed by atoms with Gasteiger partial charge >= 0.3 is 35.8 Å². The van der Waals surface area contributed by atoms with Gasteiger partial charge in [0, 0.05) is 0 Å². The monoisotopic (exact) mass is 522 g/mol. The molecule has 0 saturated heterocycles. The van der Waals surface area contributed by atoms with Crippen molar-refractivity contribution in [2.75, 3.05) is 0 Å². The predicted molar refractivity (Wildman–Crippen MR) is 126 cm³/mol. The Hall–Kier alpha value is -5.26. The minimum atomic E-state index is -3.43. The molecule has 194 valence electrons. The number of hydrogen-bond donors (Lipinski definition) is 6. The zero-order valence-corrected chi connectivity index (χ0v) is 19.1. The van der Waals surface area contributed by atoms with Crippen molar-refractivity contribution in [3.8, 4) is 0 Å². The molecule has 0 saturated carbocycles. The molecule has 0 fully saturated rings. The summed E-state index contributed by atoms with van der Waals surface area (Å²) < 4.78 is 0. The van der Waals surface area contributed by atoms with Crippen LogP contribution in [0.1, 0.15) is 12.0 Å². The van der Waals surface area contributed by atoms with Crippen LogP contribution in [-0.2, 0) is 28.8 Å². The molecule has 0 bridgehead atoms. The molecule has 6 N–H and O–H groups in total. The minimum Gasteiger partial charge on any atom is -0.480 e. The smallest absolute Gasteiger partial charge is 0.329 e. The van der Waals surface area contributed by atoms with Gasteiger partial charge < -0.3 is 30.6 Å². The average molecular weight is 522 g/mol. The van der Waals surface area contributed by atoms with Crippen molar-refractivity contribution in [3.63, 3.8) is 0 Å². The quantitative estimate of drug-likeness (QED) is 0.227. The van der Waals surface area contributed by atoms with Crippen molar-refractivity contribution in [1.82, 2.24) is 0 Å². The summed E-state index contributed by atoms with van der Waals surface area (Å²) in [5.41, 5.74) is -12.6. The SMILES string of the molecule is O=C(O)C1(C(=O)O)C=CC(C(=O)O)(C(=O)O)C2=C1C(c1cccc3ccccc13)=CCC2(C(=O)O)C(=O)O. The topological polar surface area (TPSA) is 224 Å². The number of carboxylic acid groups (broad SMARTS) is 6. The summed E-state index contributed by atoms with van der Waals surface area (Å²) in [7, 11) is 0. The molecule has 12 nitrogen and oxygen atoms in total. The van der Waals surface area contributed by atoms with Gasteiger partial charge in [-0.25, -0.2) is 0 Å². The number of allylic oxidation sites excluding steroid dienone is 2. The molecule has 4 rings (SSSR count). The second kappa shape index (κ2) is 8.40. The largest absolute Gasteiger partial charge is 0.480 e. The fraction of sp³-hybridized carbons (Fsp3) is 0.154. The Bertz CT molecular complexity index is 1520. The number of aliphatic carboxylic acids is 6. The lowest BCUT2D eigenvalue weighted by atomic mass is 9.52. The third-order valence-corrected chi connectivity index (χ3v) is 7.09. The summed E-state index contributed by atoms with van der Waals surface area (Å²) in [6, 6.07) is 11.1. The summed E-state index contributed by atoms with van der Waals surface area (Å²) in [4.78, 5) is 75.5. The third-order valence-electron chi connectivity index (χ3n) is 7.09. The predicted octanol–water partition coefficient (Wildman–Crippen LogP) is 1.96. The summed E-state index contributed by atoms with van der Waals surface area (Å²) in [5, 5.41) is 61.8. The average Bonchev–Trinajstić information content (AvgIpc) is 2.85. The lowest BCUT2D eigenvalue weighted by Crippen LogP contribution is -2.57. The first-order chi connectivity index (χ1) is 17.8. The van der Waals surface area contributed by atoms with E-state index in [2.05, 4.69) is 0 Å². The molecule has 2 aromatic carbocycles. The van der Waals surface area contributed by atoms with E-state index in [-0.39, 0.29) is 17.2 Å². The van der Waals surface area contributed by atoms with Gasteiger partial charge in [-0.3, -0.25) is 28.8 Å². The molecule has 0 amide bonds. The second-order valence-electron chi connectivity index (χ2n) is 8.78. The van der Waals surface area contributed by atoms with Gasteiger partial charge in [-0.05, 0) is 39.5 Å². The first-order valence-electron chi connectivity index (χ1n) is 10.8. The fourth-order valence-corrected chi connectivity index (χ4v) is 5.25. The van der Waals surface area contributed by atoms with Crippen LogP contribution in [0.15, 0.2) is 71.8 Å². The van der Waals surface area contributed by atoms with Crippen LogP contribution < -0.4 is 0 Å². The van der Waals surface area contributed by atoms with Gasteiger partial charge in [0.15, 0.2) is 5.41 Å². The van der Waals surface area contributed by atoms with Crippen LogP contribution >= 0.6 is 0 Å². The second-order valence-corrected chi connectivity index (χ2v) is 8.78. The lowest BCUT2D eigenvalue weighted by Gasteiger charge is -2.45. The summed E-state index contributed by atoms with van der Waals surface area (Å²) in [6.45, 7) is 0. The summed E-state index contributed by atoms with van der Waals surface area (Å²) in [5.74, 6) is -13.1.